The van der Waals surface area contributed by atoms with Crippen LogP contribution < -0.4 is 21.3 Å². The normalized spacial score (nSPS) is 11.4. The number of rotatable bonds is 8. The lowest BCUT2D eigenvalue weighted by Gasteiger charge is -2.17. The molecule has 11 nitrogen and oxygen atoms in total. The number of hydrogen-bond acceptors (Lipinski definition) is 7. The molecule has 0 spiro atoms. The number of anilines is 4. The van der Waals surface area contributed by atoms with Gasteiger partial charge in [0.2, 0.25) is 11.8 Å². The topological polar surface area (TPSA) is 162 Å². The zero-order valence-electron chi connectivity index (χ0n) is 24.1. The molecule has 0 atom stereocenters. The second-order valence-electron chi connectivity index (χ2n) is 12.1. The Labute approximate surface area is 239 Å². The van der Waals surface area contributed by atoms with Crippen LogP contribution in [-0.2, 0) is 9.59 Å². The van der Waals surface area contributed by atoms with Crippen LogP contribution in [-0.4, -0.2) is 38.7 Å². The van der Waals surface area contributed by atoms with Gasteiger partial charge in [-0.15, -0.1) is 0 Å². The van der Waals surface area contributed by atoms with Gasteiger partial charge in [0.1, 0.15) is 29.0 Å². The van der Waals surface area contributed by atoms with Gasteiger partial charge in [0.15, 0.2) is 0 Å². The number of pyridine rings is 2. The Morgan fingerprint density at radius 1 is 0.610 bits per heavy atom. The number of hydrogen-bond donors (Lipinski definition) is 5. The maximum Gasteiger partial charge on any atom is 0.256 e. The van der Waals surface area contributed by atoms with Crippen molar-refractivity contribution in [3.63, 3.8) is 0 Å². The van der Waals surface area contributed by atoms with Crippen LogP contribution in [0, 0.1) is 10.8 Å². The molecule has 0 aliphatic carbocycles. The van der Waals surface area contributed by atoms with Gasteiger partial charge in [-0.2, -0.15) is 0 Å². The van der Waals surface area contributed by atoms with Crippen molar-refractivity contribution in [2.75, 3.05) is 21.3 Å². The number of carbonyl (C=O) groups excluding carboxylic acids is 4. The Hall–Kier alpha value is -4.80. The molecule has 4 amide bonds. The average Bonchev–Trinajstić information content (AvgIpc) is 2.81. The molecule has 0 bridgehead atoms. The molecule has 41 heavy (non-hydrogen) atoms. The first kappa shape index (κ1) is 30.7. The minimum Gasteiger partial charge on any atom is -0.508 e. The molecule has 0 radical (unpaired) electrons. The van der Waals surface area contributed by atoms with Gasteiger partial charge in [0, 0.05) is 24.0 Å². The molecule has 2 aromatic heterocycles. The van der Waals surface area contributed by atoms with E-state index in [1.54, 1.807) is 36.4 Å². The maximum absolute atomic E-state index is 12.9. The highest BCUT2D eigenvalue weighted by Gasteiger charge is 2.19. The van der Waals surface area contributed by atoms with Gasteiger partial charge < -0.3 is 26.4 Å². The van der Waals surface area contributed by atoms with E-state index in [1.807, 2.05) is 41.5 Å². The van der Waals surface area contributed by atoms with Gasteiger partial charge in [-0.1, -0.05) is 53.7 Å². The lowest BCUT2D eigenvalue weighted by molar-refractivity contribution is -0.118. The Morgan fingerprint density at radius 3 is 1.29 bits per heavy atom. The highest BCUT2D eigenvalue weighted by atomic mass is 16.3. The van der Waals surface area contributed by atoms with Gasteiger partial charge in [-0.05, 0) is 53.3 Å². The van der Waals surface area contributed by atoms with Crippen LogP contribution in [0.5, 0.6) is 5.75 Å². The van der Waals surface area contributed by atoms with Crippen LogP contribution in [0.25, 0.3) is 0 Å². The van der Waals surface area contributed by atoms with E-state index in [0.717, 1.165) is 0 Å². The van der Waals surface area contributed by atoms with Crippen molar-refractivity contribution in [2.24, 2.45) is 10.8 Å². The van der Waals surface area contributed by atoms with Crippen LogP contribution in [0.1, 0.15) is 75.1 Å². The molecule has 0 fully saturated rings. The third-order valence-corrected chi connectivity index (χ3v) is 5.34. The van der Waals surface area contributed by atoms with E-state index < -0.39 is 11.8 Å². The molecule has 216 valence electrons. The number of phenolic OH excluding ortho intramolecular Hbond substituents is 1. The standard InChI is InChI=1S/C30H36N6O5/c1-29(2,3)16-25(38)33-21-9-7-11-23(31-21)35-27(40)18-13-19(15-20(37)14-18)28(41)36-24-12-8-10-22(32-24)34-26(39)17-30(4,5)6/h7-15,37H,16-17H2,1-6H3,(H2,31,33,35,38,40)(H2,32,34,36,39,41). The number of aromatic hydroxyl groups is 1. The first-order valence-corrected chi connectivity index (χ1v) is 13.1. The summed E-state index contributed by atoms with van der Waals surface area (Å²) in [6, 6.07) is 13.3. The van der Waals surface area contributed by atoms with E-state index in [2.05, 4.69) is 31.2 Å². The predicted octanol–water partition coefficient (Wildman–Crippen LogP) is 5.44. The van der Waals surface area contributed by atoms with E-state index in [-0.39, 0.29) is 62.8 Å². The Kier molecular flexibility index (Phi) is 9.43. The zero-order chi connectivity index (χ0) is 30.4. The molecular weight excluding hydrogens is 524 g/mol. The van der Waals surface area contributed by atoms with Gasteiger partial charge in [-0.3, -0.25) is 19.2 Å². The number of nitrogens with zero attached hydrogens (tertiary/aromatic N) is 2. The zero-order valence-corrected chi connectivity index (χ0v) is 24.1. The summed E-state index contributed by atoms with van der Waals surface area (Å²) >= 11 is 0. The minimum atomic E-state index is -0.623. The largest absolute Gasteiger partial charge is 0.508 e. The number of amides is 4. The van der Waals surface area contributed by atoms with Crippen molar-refractivity contribution < 1.29 is 24.3 Å². The first-order valence-electron chi connectivity index (χ1n) is 13.1. The van der Waals surface area contributed by atoms with Gasteiger partial charge in [0.05, 0.1) is 0 Å². The fraction of sp³-hybridized carbons (Fsp3) is 0.333. The van der Waals surface area contributed by atoms with Crippen molar-refractivity contribution >= 4 is 46.9 Å². The molecule has 3 aromatic rings. The van der Waals surface area contributed by atoms with Crippen molar-refractivity contribution in [3.8, 4) is 5.75 Å². The SMILES string of the molecule is CC(C)(C)CC(=O)Nc1cccc(NC(=O)c2cc(O)cc(C(=O)Nc3cccc(NC(=O)CC(C)(C)C)n3)c2)n1. The summed E-state index contributed by atoms with van der Waals surface area (Å²) in [4.78, 5) is 58.8. The maximum atomic E-state index is 12.9. The number of nitrogens with one attached hydrogen (secondary N) is 4. The van der Waals surface area contributed by atoms with E-state index in [0.29, 0.717) is 12.8 Å². The first-order chi connectivity index (χ1) is 19.1. The van der Waals surface area contributed by atoms with Crippen LogP contribution >= 0.6 is 0 Å². The Balaban J connectivity index is 1.69. The second-order valence-corrected chi connectivity index (χ2v) is 12.1. The highest BCUT2D eigenvalue weighted by molar-refractivity contribution is 6.09. The Morgan fingerprint density at radius 2 is 0.951 bits per heavy atom. The van der Waals surface area contributed by atoms with Crippen LogP contribution in [0.3, 0.4) is 0 Å². The summed E-state index contributed by atoms with van der Waals surface area (Å²) in [6.45, 7) is 11.7. The summed E-state index contributed by atoms with van der Waals surface area (Å²) in [7, 11) is 0. The van der Waals surface area contributed by atoms with Crippen molar-refractivity contribution in [1.29, 1.82) is 0 Å². The summed E-state index contributed by atoms with van der Waals surface area (Å²) in [6.07, 6.45) is 0.593. The third kappa shape index (κ3) is 10.4. The average molecular weight is 561 g/mol. The van der Waals surface area contributed by atoms with Crippen molar-refractivity contribution in [3.05, 3.63) is 65.7 Å². The molecule has 0 unspecified atom stereocenters. The molecule has 3 rings (SSSR count). The summed E-state index contributed by atoms with van der Waals surface area (Å²) in [5.41, 5.74) is -0.378. The lowest BCUT2D eigenvalue weighted by Crippen LogP contribution is -2.21. The molecule has 0 aliphatic rings. The van der Waals surface area contributed by atoms with E-state index in [1.165, 1.54) is 18.2 Å². The Bertz CT molecular complexity index is 1350. The molecule has 0 aliphatic heterocycles. The lowest BCUT2D eigenvalue weighted by atomic mass is 9.92. The monoisotopic (exact) mass is 560 g/mol. The smallest absolute Gasteiger partial charge is 0.256 e. The summed E-state index contributed by atoms with van der Waals surface area (Å²) in [5, 5.41) is 20.8. The van der Waals surface area contributed by atoms with E-state index in [9.17, 15) is 24.3 Å². The number of carbonyl (C=O) groups is 4. The number of aromatic nitrogens is 2. The molecular formula is C30H36N6O5. The highest BCUT2D eigenvalue weighted by Crippen LogP contribution is 2.22. The molecule has 5 N–H and O–H groups in total. The van der Waals surface area contributed by atoms with Crippen molar-refractivity contribution in [1.82, 2.24) is 9.97 Å². The molecule has 0 saturated heterocycles. The minimum absolute atomic E-state index is 0.00951. The second kappa shape index (κ2) is 12.6. The van der Waals surface area contributed by atoms with Crippen LogP contribution in [0.2, 0.25) is 0 Å². The molecule has 2 heterocycles. The summed E-state index contributed by atoms with van der Waals surface area (Å²) in [5.74, 6) is -1.05. The predicted molar refractivity (Wildman–Crippen MR) is 158 cm³/mol. The third-order valence-electron chi connectivity index (χ3n) is 5.34. The summed E-state index contributed by atoms with van der Waals surface area (Å²) < 4.78 is 0. The molecule has 11 heteroatoms. The van der Waals surface area contributed by atoms with Gasteiger partial charge >= 0.3 is 0 Å². The quantitative estimate of drug-likeness (QED) is 0.245. The molecule has 1 aromatic carbocycles. The van der Waals surface area contributed by atoms with E-state index >= 15 is 0 Å². The van der Waals surface area contributed by atoms with Crippen LogP contribution in [0.15, 0.2) is 54.6 Å². The van der Waals surface area contributed by atoms with Crippen molar-refractivity contribution in [2.45, 2.75) is 54.4 Å². The number of benzene rings is 1. The fourth-order valence-corrected chi connectivity index (χ4v) is 3.74. The number of phenols is 1. The van der Waals surface area contributed by atoms with Gasteiger partial charge in [0.25, 0.3) is 11.8 Å². The fourth-order valence-electron chi connectivity index (χ4n) is 3.74. The van der Waals surface area contributed by atoms with Gasteiger partial charge in [-0.25, -0.2) is 9.97 Å². The van der Waals surface area contributed by atoms with Crippen LogP contribution in [0.4, 0.5) is 23.3 Å². The molecule has 0 saturated carbocycles. The van der Waals surface area contributed by atoms with E-state index in [4.69, 9.17) is 0 Å².